The number of carbonyl (C=O) groups excluding carboxylic acids is 1. The average molecular weight is 370 g/mol. The summed E-state index contributed by atoms with van der Waals surface area (Å²) in [5.74, 6) is -0.0200. The SMILES string of the molecule is CC(=O)N1CCc2cc(S(=O)(=O)Nc3cccc4c3CCCC4)ccc21. The van der Waals surface area contributed by atoms with Gasteiger partial charge in [0.25, 0.3) is 10.0 Å². The smallest absolute Gasteiger partial charge is 0.261 e. The molecule has 1 aliphatic carbocycles. The standard InChI is InChI=1S/C20H22N2O3S/c1-14(23)22-12-11-16-13-17(9-10-20(16)22)26(24,25)21-19-8-4-6-15-5-2-3-7-18(15)19/h4,6,8-10,13,21H,2-3,5,7,11-12H2,1H3. The van der Waals surface area contributed by atoms with Crippen LogP contribution in [-0.2, 0) is 34.1 Å². The third-order valence-electron chi connectivity index (χ3n) is 5.28. The number of fused-ring (bicyclic) bond motifs is 2. The molecule has 0 unspecified atom stereocenters. The molecule has 0 saturated carbocycles. The van der Waals surface area contributed by atoms with Crippen molar-refractivity contribution in [3.8, 4) is 0 Å². The molecule has 4 rings (SSSR count). The summed E-state index contributed by atoms with van der Waals surface area (Å²) in [5, 5.41) is 0. The Bertz CT molecular complexity index is 983. The highest BCUT2D eigenvalue weighted by Gasteiger charge is 2.25. The van der Waals surface area contributed by atoms with Gasteiger partial charge in [-0.1, -0.05) is 12.1 Å². The quantitative estimate of drug-likeness (QED) is 0.902. The molecule has 0 bridgehead atoms. The summed E-state index contributed by atoms with van der Waals surface area (Å²) in [6.45, 7) is 2.13. The predicted molar refractivity (Wildman–Crippen MR) is 102 cm³/mol. The molecule has 1 amide bonds. The van der Waals surface area contributed by atoms with Gasteiger partial charge in [-0.05, 0) is 73.1 Å². The Morgan fingerprint density at radius 3 is 2.65 bits per heavy atom. The Hall–Kier alpha value is -2.34. The van der Waals surface area contributed by atoms with Crippen LogP contribution in [0.15, 0.2) is 41.3 Å². The summed E-state index contributed by atoms with van der Waals surface area (Å²) in [5.41, 5.74) is 4.76. The maximum atomic E-state index is 12.9. The fraction of sp³-hybridized carbons (Fsp3) is 0.350. The fourth-order valence-corrected chi connectivity index (χ4v) is 5.10. The van der Waals surface area contributed by atoms with E-state index in [9.17, 15) is 13.2 Å². The average Bonchev–Trinajstić information content (AvgIpc) is 3.05. The molecular formula is C20H22N2O3S. The van der Waals surface area contributed by atoms with Crippen LogP contribution in [0.3, 0.4) is 0 Å². The molecule has 2 aromatic carbocycles. The van der Waals surface area contributed by atoms with Crippen molar-refractivity contribution in [2.75, 3.05) is 16.2 Å². The molecule has 0 atom stereocenters. The third-order valence-corrected chi connectivity index (χ3v) is 6.64. The Kier molecular flexibility index (Phi) is 4.23. The number of nitrogens with zero attached hydrogens (tertiary/aromatic N) is 1. The summed E-state index contributed by atoms with van der Waals surface area (Å²) in [7, 11) is -3.66. The molecule has 6 heteroatoms. The molecule has 0 spiro atoms. The molecule has 0 saturated heterocycles. The van der Waals surface area contributed by atoms with Gasteiger partial charge >= 0.3 is 0 Å². The minimum atomic E-state index is -3.66. The Morgan fingerprint density at radius 2 is 1.85 bits per heavy atom. The highest BCUT2D eigenvalue weighted by molar-refractivity contribution is 7.92. The number of anilines is 2. The lowest BCUT2D eigenvalue weighted by molar-refractivity contribution is -0.116. The number of aryl methyl sites for hydroxylation is 1. The molecule has 5 nitrogen and oxygen atoms in total. The summed E-state index contributed by atoms with van der Waals surface area (Å²) in [4.78, 5) is 13.6. The lowest BCUT2D eigenvalue weighted by Gasteiger charge is -2.20. The fourth-order valence-electron chi connectivity index (χ4n) is 3.95. The van der Waals surface area contributed by atoms with Crippen LogP contribution in [0.4, 0.5) is 11.4 Å². The van der Waals surface area contributed by atoms with Gasteiger partial charge in [-0.3, -0.25) is 9.52 Å². The van der Waals surface area contributed by atoms with Crippen molar-refractivity contribution in [3.05, 3.63) is 53.1 Å². The van der Waals surface area contributed by atoms with Crippen LogP contribution in [0.25, 0.3) is 0 Å². The molecule has 0 aromatic heterocycles. The first-order valence-electron chi connectivity index (χ1n) is 9.00. The number of hydrogen-bond donors (Lipinski definition) is 1. The van der Waals surface area contributed by atoms with E-state index in [1.54, 1.807) is 23.1 Å². The number of carbonyl (C=O) groups is 1. The van der Waals surface area contributed by atoms with Crippen molar-refractivity contribution in [1.82, 2.24) is 0 Å². The molecule has 136 valence electrons. The van der Waals surface area contributed by atoms with Crippen molar-refractivity contribution in [2.45, 2.75) is 43.9 Å². The van der Waals surface area contributed by atoms with Crippen molar-refractivity contribution in [1.29, 1.82) is 0 Å². The number of benzene rings is 2. The van der Waals surface area contributed by atoms with Crippen molar-refractivity contribution < 1.29 is 13.2 Å². The van der Waals surface area contributed by atoms with Gasteiger partial charge in [-0.15, -0.1) is 0 Å². The zero-order chi connectivity index (χ0) is 18.3. The van der Waals surface area contributed by atoms with Gasteiger partial charge in [0.1, 0.15) is 0 Å². The zero-order valence-corrected chi connectivity index (χ0v) is 15.6. The van der Waals surface area contributed by atoms with E-state index in [0.717, 1.165) is 42.5 Å². The molecule has 2 aliphatic rings. The maximum absolute atomic E-state index is 12.9. The highest BCUT2D eigenvalue weighted by Crippen LogP contribution is 2.32. The van der Waals surface area contributed by atoms with E-state index in [4.69, 9.17) is 0 Å². The summed E-state index contributed by atoms with van der Waals surface area (Å²) in [6.07, 6.45) is 4.83. The van der Waals surface area contributed by atoms with Crippen molar-refractivity contribution in [3.63, 3.8) is 0 Å². The van der Waals surface area contributed by atoms with Crippen LogP contribution in [0.2, 0.25) is 0 Å². The maximum Gasteiger partial charge on any atom is 0.261 e. The van der Waals surface area contributed by atoms with E-state index >= 15 is 0 Å². The highest BCUT2D eigenvalue weighted by atomic mass is 32.2. The largest absolute Gasteiger partial charge is 0.312 e. The second-order valence-corrected chi connectivity index (χ2v) is 8.65. The predicted octanol–water partition coefficient (Wildman–Crippen LogP) is 3.28. The van der Waals surface area contributed by atoms with E-state index in [1.165, 1.54) is 12.5 Å². The number of nitrogens with one attached hydrogen (secondary N) is 1. The van der Waals surface area contributed by atoms with E-state index in [1.807, 2.05) is 12.1 Å². The van der Waals surface area contributed by atoms with Gasteiger partial charge in [0.15, 0.2) is 0 Å². The number of rotatable bonds is 3. The Balaban J connectivity index is 1.65. The first-order valence-corrected chi connectivity index (χ1v) is 10.5. The summed E-state index contributed by atoms with van der Waals surface area (Å²) in [6, 6.07) is 10.8. The summed E-state index contributed by atoms with van der Waals surface area (Å²) >= 11 is 0. The van der Waals surface area contributed by atoms with Crippen LogP contribution in [0, 0.1) is 0 Å². The van der Waals surface area contributed by atoms with Gasteiger partial charge in [0.2, 0.25) is 5.91 Å². The van der Waals surface area contributed by atoms with E-state index in [0.29, 0.717) is 18.7 Å². The first-order chi connectivity index (χ1) is 12.5. The topological polar surface area (TPSA) is 66.5 Å². The monoisotopic (exact) mass is 370 g/mol. The van der Waals surface area contributed by atoms with Gasteiger partial charge in [0.05, 0.1) is 10.6 Å². The molecule has 1 N–H and O–H groups in total. The summed E-state index contributed by atoms with van der Waals surface area (Å²) < 4.78 is 28.6. The molecular weight excluding hydrogens is 348 g/mol. The molecule has 2 aromatic rings. The molecule has 0 fully saturated rings. The van der Waals surface area contributed by atoms with E-state index < -0.39 is 10.0 Å². The van der Waals surface area contributed by atoms with Crippen LogP contribution in [0.5, 0.6) is 0 Å². The normalized spacial score (nSPS) is 16.1. The van der Waals surface area contributed by atoms with Crippen LogP contribution < -0.4 is 9.62 Å². The van der Waals surface area contributed by atoms with Crippen LogP contribution in [-0.4, -0.2) is 20.9 Å². The zero-order valence-electron chi connectivity index (χ0n) is 14.8. The van der Waals surface area contributed by atoms with Gasteiger partial charge < -0.3 is 4.90 Å². The molecule has 26 heavy (non-hydrogen) atoms. The first kappa shape index (κ1) is 17.1. The minimum absolute atomic E-state index is 0.0200. The van der Waals surface area contributed by atoms with E-state index in [-0.39, 0.29) is 10.8 Å². The van der Waals surface area contributed by atoms with E-state index in [2.05, 4.69) is 10.8 Å². The van der Waals surface area contributed by atoms with Gasteiger partial charge in [-0.25, -0.2) is 8.42 Å². The molecule has 0 radical (unpaired) electrons. The lowest BCUT2D eigenvalue weighted by atomic mass is 9.91. The third kappa shape index (κ3) is 2.98. The Labute approximate surface area is 154 Å². The molecule has 1 aliphatic heterocycles. The van der Waals surface area contributed by atoms with Crippen molar-refractivity contribution in [2.24, 2.45) is 0 Å². The van der Waals surface area contributed by atoms with Crippen LogP contribution >= 0.6 is 0 Å². The van der Waals surface area contributed by atoms with Crippen molar-refractivity contribution >= 4 is 27.3 Å². The van der Waals surface area contributed by atoms with Crippen LogP contribution in [0.1, 0.15) is 36.5 Å². The minimum Gasteiger partial charge on any atom is -0.312 e. The number of hydrogen-bond acceptors (Lipinski definition) is 3. The Morgan fingerprint density at radius 1 is 1.04 bits per heavy atom. The van der Waals surface area contributed by atoms with Gasteiger partial charge in [-0.2, -0.15) is 0 Å². The second-order valence-electron chi connectivity index (χ2n) is 6.97. The number of amides is 1. The lowest BCUT2D eigenvalue weighted by Crippen LogP contribution is -2.25. The molecule has 1 heterocycles. The van der Waals surface area contributed by atoms with Gasteiger partial charge in [0, 0.05) is 19.2 Å². The number of sulfonamides is 1. The second kappa shape index (κ2) is 6.43.